The van der Waals surface area contributed by atoms with Gasteiger partial charge < -0.3 is 5.11 Å². The summed E-state index contributed by atoms with van der Waals surface area (Å²) in [5.74, 6) is -1.06. The maximum absolute atomic E-state index is 11.4. The molecule has 0 unspecified atom stereocenters. The van der Waals surface area contributed by atoms with Gasteiger partial charge in [0.15, 0.2) is 0 Å². The normalized spacial score (nSPS) is 10.4. The fraction of sp³-hybridized carbons (Fsp3) is 0.200. The molecule has 0 aliphatic carbocycles. The minimum Gasteiger partial charge on any atom is -0.476 e. The molecule has 2 rings (SSSR count). The van der Waals surface area contributed by atoms with Crippen molar-refractivity contribution in [1.29, 1.82) is 0 Å². The van der Waals surface area contributed by atoms with Crippen LogP contribution in [0.3, 0.4) is 0 Å². The molecule has 0 atom stereocenters. The number of thiazole rings is 1. The summed E-state index contributed by atoms with van der Waals surface area (Å²) in [7, 11) is 0. The number of carbonyl (C=O) groups is 1. The Kier molecular flexibility index (Phi) is 3.01. The molecule has 6 nitrogen and oxygen atoms in total. The number of carboxylic acids is 1. The summed E-state index contributed by atoms with van der Waals surface area (Å²) < 4.78 is 1.40. The Morgan fingerprint density at radius 1 is 1.59 bits per heavy atom. The fourth-order valence-corrected chi connectivity index (χ4v) is 1.98. The number of aromatic carboxylic acids is 1. The van der Waals surface area contributed by atoms with E-state index < -0.39 is 5.97 Å². The van der Waals surface area contributed by atoms with Gasteiger partial charge in [0.05, 0.1) is 12.2 Å². The highest BCUT2D eigenvalue weighted by atomic mass is 32.1. The highest BCUT2D eigenvalue weighted by Crippen LogP contribution is 2.10. The third-order valence-electron chi connectivity index (χ3n) is 2.05. The molecule has 17 heavy (non-hydrogen) atoms. The highest BCUT2D eigenvalue weighted by Gasteiger charge is 2.09. The Balaban J connectivity index is 2.28. The molecular formula is C10H9N3O3S. The number of hydrogen-bond acceptors (Lipinski definition) is 5. The van der Waals surface area contributed by atoms with Crippen molar-refractivity contribution in [2.75, 3.05) is 0 Å². The first-order chi connectivity index (χ1) is 8.06. The van der Waals surface area contributed by atoms with E-state index in [1.807, 2.05) is 6.92 Å². The molecule has 2 aromatic rings. The van der Waals surface area contributed by atoms with Crippen molar-refractivity contribution < 1.29 is 9.90 Å². The lowest BCUT2D eigenvalue weighted by molar-refractivity contribution is 0.0696. The largest absolute Gasteiger partial charge is 0.476 e. The van der Waals surface area contributed by atoms with Crippen molar-refractivity contribution in [3.05, 3.63) is 44.5 Å². The molecule has 0 spiro atoms. The van der Waals surface area contributed by atoms with Crippen molar-refractivity contribution in [3.8, 4) is 0 Å². The van der Waals surface area contributed by atoms with Gasteiger partial charge in [-0.15, -0.1) is 11.3 Å². The van der Waals surface area contributed by atoms with Crippen molar-refractivity contribution in [1.82, 2.24) is 14.5 Å². The predicted molar refractivity (Wildman–Crippen MR) is 61.4 cm³/mol. The van der Waals surface area contributed by atoms with Gasteiger partial charge in [0.1, 0.15) is 0 Å². The summed E-state index contributed by atoms with van der Waals surface area (Å²) in [4.78, 5) is 29.7. The van der Waals surface area contributed by atoms with Crippen LogP contribution in [0.2, 0.25) is 0 Å². The van der Waals surface area contributed by atoms with Gasteiger partial charge in [-0.1, -0.05) is 0 Å². The number of aryl methyl sites for hydroxylation is 1. The number of hydrogen-bond donors (Lipinski definition) is 1. The second kappa shape index (κ2) is 4.46. The van der Waals surface area contributed by atoms with Gasteiger partial charge in [-0.25, -0.2) is 19.6 Å². The average Bonchev–Trinajstić information content (AvgIpc) is 2.72. The summed E-state index contributed by atoms with van der Waals surface area (Å²) >= 11 is 1.04. The number of aromatic nitrogens is 3. The maximum atomic E-state index is 11.4. The van der Waals surface area contributed by atoms with Crippen LogP contribution in [0.25, 0.3) is 0 Å². The summed E-state index contributed by atoms with van der Waals surface area (Å²) in [6, 6.07) is 0. The van der Waals surface area contributed by atoms with E-state index in [9.17, 15) is 9.59 Å². The lowest BCUT2D eigenvalue weighted by atomic mass is 10.4. The summed E-state index contributed by atoms with van der Waals surface area (Å²) in [6.45, 7) is 2.06. The van der Waals surface area contributed by atoms with Crippen molar-refractivity contribution >= 4 is 17.3 Å². The van der Waals surface area contributed by atoms with Gasteiger partial charge in [-0.05, 0) is 12.5 Å². The van der Waals surface area contributed by atoms with Crippen LogP contribution in [0.1, 0.15) is 21.1 Å². The quantitative estimate of drug-likeness (QED) is 0.870. The molecule has 2 heterocycles. The second-order valence-electron chi connectivity index (χ2n) is 3.49. The third kappa shape index (κ3) is 2.56. The van der Waals surface area contributed by atoms with Crippen LogP contribution >= 0.6 is 11.3 Å². The standard InChI is InChI=1S/C10H9N3O3S/c1-6-2-11-10(16)13(3-6)4-7-5-17-8(12-7)9(14)15/h2-3,5H,4H2,1H3,(H,14,15). The van der Waals surface area contributed by atoms with Crippen LogP contribution in [-0.2, 0) is 6.54 Å². The minimum atomic E-state index is -1.06. The average molecular weight is 251 g/mol. The van der Waals surface area contributed by atoms with Gasteiger partial charge in [-0.3, -0.25) is 4.57 Å². The first kappa shape index (κ1) is 11.5. The third-order valence-corrected chi connectivity index (χ3v) is 2.93. The number of rotatable bonds is 3. The molecule has 0 aliphatic rings. The Hall–Kier alpha value is -2.02. The van der Waals surface area contributed by atoms with Crippen LogP contribution in [0.4, 0.5) is 0 Å². The molecule has 2 aromatic heterocycles. The van der Waals surface area contributed by atoms with Crippen LogP contribution in [0.15, 0.2) is 22.6 Å². The summed E-state index contributed by atoms with van der Waals surface area (Å²) in [5.41, 5.74) is 1.03. The molecule has 0 aliphatic heterocycles. The van der Waals surface area contributed by atoms with Gasteiger partial charge >= 0.3 is 11.7 Å². The molecule has 0 amide bonds. The number of carboxylic acid groups (broad SMARTS) is 1. The minimum absolute atomic E-state index is 0.0219. The summed E-state index contributed by atoms with van der Waals surface area (Å²) in [5, 5.41) is 10.4. The van der Waals surface area contributed by atoms with E-state index >= 15 is 0 Å². The van der Waals surface area contributed by atoms with Crippen LogP contribution in [-0.4, -0.2) is 25.6 Å². The first-order valence-corrected chi connectivity index (χ1v) is 5.65. The van der Waals surface area contributed by atoms with E-state index in [-0.39, 0.29) is 17.2 Å². The predicted octanol–water partition coefficient (Wildman–Crippen LogP) is 0.755. The molecule has 0 bridgehead atoms. The topological polar surface area (TPSA) is 85.1 Å². The van der Waals surface area contributed by atoms with Gasteiger partial charge in [-0.2, -0.15) is 0 Å². The zero-order chi connectivity index (χ0) is 12.4. The summed E-state index contributed by atoms with van der Waals surface area (Å²) in [6.07, 6.45) is 3.15. The molecular weight excluding hydrogens is 242 g/mol. The van der Waals surface area contributed by atoms with Gasteiger partial charge in [0, 0.05) is 17.8 Å². The monoisotopic (exact) mass is 251 g/mol. The van der Waals surface area contributed by atoms with Crippen molar-refractivity contribution in [3.63, 3.8) is 0 Å². The van der Waals surface area contributed by atoms with Gasteiger partial charge in [0.25, 0.3) is 0 Å². The number of nitrogens with zero attached hydrogens (tertiary/aromatic N) is 3. The smallest absolute Gasteiger partial charge is 0.365 e. The fourth-order valence-electron chi connectivity index (χ4n) is 1.33. The van der Waals surface area contributed by atoms with E-state index in [1.165, 1.54) is 10.8 Å². The SMILES string of the molecule is Cc1cnc(=O)n(Cc2csc(C(=O)O)n2)c1. The van der Waals surface area contributed by atoms with Crippen molar-refractivity contribution in [2.24, 2.45) is 0 Å². The van der Waals surface area contributed by atoms with Crippen LogP contribution in [0, 0.1) is 6.92 Å². The van der Waals surface area contributed by atoms with Crippen molar-refractivity contribution in [2.45, 2.75) is 13.5 Å². The van der Waals surface area contributed by atoms with E-state index in [1.54, 1.807) is 11.6 Å². The maximum Gasteiger partial charge on any atom is 0.365 e. The molecule has 0 radical (unpaired) electrons. The highest BCUT2D eigenvalue weighted by molar-refractivity contribution is 7.11. The molecule has 0 saturated carbocycles. The molecule has 7 heteroatoms. The molecule has 0 saturated heterocycles. The Bertz CT molecular complexity index is 617. The lowest BCUT2D eigenvalue weighted by Gasteiger charge is -2.02. The zero-order valence-corrected chi connectivity index (χ0v) is 9.77. The molecule has 88 valence electrons. The van der Waals surface area contributed by atoms with Gasteiger partial charge in [0.2, 0.25) is 5.01 Å². The molecule has 0 fully saturated rings. The Morgan fingerprint density at radius 2 is 2.35 bits per heavy atom. The Morgan fingerprint density at radius 3 is 3.00 bits per heavy atom. The first-order valence-electron chi connectivity index (χ1n) is 4.77. The van der Waals surface area contributed by atoms with Crippen LogP contribution < -0.4 is 5.69 Å². The molecule has 0 aromatic carbocycles. The second-order valence-corrected chi connectivity index (χ2v) is 4.35. The van der Waals surface area contributed by atoms with Crippen LogP contribution in [0.5, 0.6) is 0 Å². The van der Waals surface area contributed by atoms with E-state index in [0.29, 0.717) is 5.69 Å². The Labute approximate surface area is 100 Å². The molecule has 1 N–H and O–H groups in total. The lowest BCUT2D eigenvalue weighted by Crippen LogP contribution is -2.23. The van der Waals surface area contributed by atoms with E-state index in [4.69, 9.17) is 5.11 Å². The van der Waals surface area contributed by atoms with E-state index in [0.717, 1.165) is 16.9 Å². The van der Waals surface area contributed by atoms with E-state index in [2.05, 4.69) is 9.97 Å². The zero-order valence-electron chi connectivity index (χ0n) is 8.95.